The Morgan fingerprint density at radius 1 is 1.19 bits per heavy atom. The molecule has 2 rings (SSSR count). The normalized spacial score (nSPS) is 23.4. The average Bonchev–Trinajstić information content (AvgIpc) is 2.57. The number of imidazole rings is 1. The van der Waals surface area contributed by atoms with Crippen LogP contribution in [0.1, 0.15) is 0 Å². The van der Waals surface area contributed by atoms with E-state index in [0.29, 0.717) is 0 Å². The molecule has 1 aromatic heterocycles. The molecule has 1 fully saturated rings. The van der Waals surface area contributed by atoms with Crippen molar-refractivity contribution in [3.8, 4) is 0 Å². The summed E-state index contributed by atoms with van der Waals surface area (Å²) in [5, 5.41) is 0. The van der Waals surface area contributed by atoms with E-state index in [-0.39, 0.29) is 0 Å². The molecule has 0 aliphatic carbocycles. The Bertz CT molecular complexity index is 384. The summed E-state index contributed by atoms with van der Waals surface area (Å²) in [6.45, 7) is 9.97. The summed E-state index contributed by atoms with van der Waals surface area (Å²) in [5.74, 6) is 1.21. The first-order valence-electron chi connectivity index (χ1n) is 6.06. The summed E-state index contributed by atoms with van der Waals surface area (Å²) < 4.78 is 4.71. The molecule has 0 saturated carbocycles. The van der Waals surface area contributed by atoms with Gasteiger partial charge in [0.2, 0.25) is 0 Å². The summed E-state index contributed by atoms with van der Waals surface area (Å²) >= 11 is 0. The van der Waals surface area contributed by atoms with Crippen molar-refractivity contribution in [1.82, 2.24) is 9.55 Å². The van der Waals surface area contributed by atoms with Crippen LogP contribution >= 0.6 is 0 Å². The third kappa shape index (κ3) is 2.25. The van der Waals surface area contributed by atoms with Gasteiger partial charge in [-0.2, -0.15) is 0 Å². The molecule has 1 aliphatic rings. The molecule has 5 heteroatoms. The number of rotatable bonds is 1. The smallest absolute Gasteiger partial charge is 0.151 e. The molecule has 16 heavy (non-hydrogen) atoms. The van der Waals surface area contributed by atoms with Gasteiger partial charge in [0.15, 0.2) is 8.24 Å². The Morgan fingerprint density at radius 3 is 2.44 bits per heavy atom. The van der Waals surface area contributed by atoms with Crippen LogP contribution in [0.2, 0.25) is 38.3 Å². The highest BCUT2D eigenvalue weighted by molar-refractivity contribution is 6.89. The van der Waals surface area contributed by atoms with Crippen LogP contribution in [0.4, 0.5) is 5.82 Å². The first-order valence-corrected chi connectivity index (χ1v) is 12.6. The van der Waals surface area contributed by atoms with Gasteiger partial charge in [-0.3, -0.25) is 0 Å². The third-order valence-corrected chi connectivity index (χ3v) is 10.6. The topological polar surface area (TPSA) is 21.1 Å². The maximum Gasteiger partial charge on any atom is 0.151 e. The zero-order valence-electron chi connectivity index (χ0n) is 11.1. The molecule has 0 radical (unpaired) electrons. The fourth-order valence-electron chi connectivity index (χ4n) is 2.43. The summed E-state index contributed by atoms with van der Waals surface area (Å²) in [5.41, 5.74) is 0. The minimum Gasteiger partial charge on any atom is -0.384 e. The van der Waals surface area contributed by atoms with Gasteiger partial charge in [0, 0.05) is 19.4 Å². The third-order valence-electron chi connectivity index (χ3n) is 3.70. The average molecular weight is 253 g/mol. The Morgan fingerprint density at radius 2 is 1.88 bits per heavy atom. The van der Waals surface area contributed by atoms with E-state index < -0.39 is 16.3 Å². The van der Waals surface area contributed by atoms with Crippen molar-refractivity contribution < 1.29 is 0 Å². The molecular weight excluding hydrogens is 230 g/mol. The van der Waals surface area contributed by atoms with Crippen LogP contribution in [-0.4, -0.2) is 32.0 Å². The van der Waals surface area contributed by atoms with Crippen LogP contribution in [-0.2, 0) is 7.05 Å². The Balaban J connectivity index is 2.29. The summed E-state index contributed by atoms with van der Waals surface area (Å²) in [6.07, 6.45) is 5.39. The van der Waals surface area contributed by atoms with E-state index in [4.69, 9.17) is 0 Å². The van der Waals surface area contributed by atoms with Crippen LogP contribution < -0.4 is 4.57 Å². The lowest BCUT2D eigenvalue weighted by atomic mass is 10.7. The van der Waals surface area contributed by atoms with Gasteiger partial charge in [0.1, 0.15) is 5.82 Å². The van der Waals surface area contributed by atoms with Gasteiger partial charge in [0.25, 0.3) is 0 Å². The van der Waals surface area contributed by atoms with E-state index in [1.54, 1.807) is 0 Å². The zero-order chi connectivity index (χ0) is 12.0. The summed E-state index contributed by atoms with van der Waals surface area (Å²) in [4.78, 5) is 4.55. The fourth-order valence-corrected chi connectivity index (χ4v) is 12.8. The standard InChI is InChI=1S/C11H23N3Si2/c1-13-8-11(12-9-13)14-10-15(2,3)6-7-16(14,4)5/h8-9H,6-7,10H2,1-5H3. The van der Waals surface area contributed by atoms with Crippen molar-refractivity contribution in [3.05, 3.63) is 12.5 Å². The highest BCUT2D eigenvalue weighted by Crippen LogP contribution is 2.33. The maximum atomic E-state index is 4.55. The summed E-state index contributed by atoms with van der Waals surface area (Å²) in [6, 6.07) is 2.93. The van der Waals surface area contributed by atoms with Crippen LogP contribution in [0.15, 0.2) is 12.5 Å². The number of nitrogens with zero attached hydrogens (tertiary/aromatic N) is 3. The van der Waals surface area contributed by atoms with E-state index in [1.165, 1.54) is 24.1 Å². The minimum absolute atomic E-state index is 1.00. The van der Waals surface area contributed by atoms with E-state index in [9.17, 15) is 0 Å². The lowest BCUT2D eigenvalue weighted by Gasteiger charge is -2.47. The fraction of sp³-hybridized carbons (Fsp3) is 0.727. The van der Waals surface area contributed by atoms with Gasteiger partial charge in [-0.1, -0.05) is 32.2 Å². The van der Waals surface area contributed by atoms with E-state index in [2.05, 4.69) is 53.5 Å². The maximum absolute atomic E-state index is 4.55. The second-order valence-corrected chi connectivity index (χ2v) is 16.3. The number of hydrogen-bond donors (Lipinski definition) is 0. The van der Waals surface area contributed by atoms with Crippen molar-refractivity contribution >= 4 is 22.1 Å². The molecule has 0 atom stereocenters. The van der Waals surface area contributed by atoms with E-state index in [0.717, 1.165) is 0 Å². The number of hydrogen-bond acceptors (Lipinski definition) is 2. The van der Waals surface area contributed by atoms with Crippen molar-refractivity contribution in [3.63, 3.8) is 0 Å². The number of aromatic nitrogens is 2. The van der Waals surface area contributed by atoms with Gasteiger partial charge < -0.3 is 9.13 Å². The second kappa shape index (κ2) is 3.73. The molecule has 0 bridgehead atoms. The lowest BCUT2D eigenvalue weighted by Crippen LogP contribution is -2.60. The van der Waals surface area contributed by atoms with Gasteiger partial charge in [-0.15, -0.1) is 0 Å². The molecule has 0 N–H and O–H groups in total. The first kappa shape index (κ1) is 11.9. The molecule has 0 aromatic carbocycles. The van der Waals surface area contributed by atoms with E-state index >= 15 is 0 Å². The zero-order valence-corrected chi connectivity index (χ0v) is 13.1. The monoisotopic (exact) mass is 253 g/mol. The first-order chi connectivity index (χ1) is 7.30. The predicted molar refractivity (Wildman–Crippen MR) is 75.1 cm³/mol. The van der Waals surface area contributed by atoms with Gasteiger partial charge in [0.05, 0.1) is 14.4 Å². The lowest BCUT2D eigenvalue weighted by molar-refractivity contribution is 0.913. The molecule has 2 heterocycles. The Labute approximate surface area is 101 Å². The van der Waals surface area contributed by atoms with Crippen LogP contribution in [0.3, 0.4) is 0 Å². The largest absolute Gasteiger partial charge is 0.384 e. The van der Waals surface area contributed by atoms with Crippen LogP contribution in [0.5, 0.6) is 0 Å². The molecule has 0 spiro atoms. The molecule has 3 nitrogen and oxygen atoms in total. The predicted octanol–water partition coefficient (Wildman–Crippen LogP) is 2.69. The highest BCUT2D eigenvalue weighted by atomic mass is 28.3. The van der Waals surface area contributed by atoms with E-state index in [1.807, 2.05) is 6.33 Å². The highest BCUT2D eigenvalue weighted by Gasteiger charge is 2.41. The van der Waals surface area contributed by atoms with Crippen molar-refractivity contribution in [2.75, 3.05) is 10.7 Å². The quantitative estimate of drug-likeness (QED) is 0.718. The molecule has 90 valence electrons. The van der Waals surface area contributed by atoms with Gasteiger partial charge in [-0.05, 0) is 6.04 Å². The van der Waals surface area contributed by atoms with Crippen molar-refractivity contribution in [2.24, 2.45) is 7.05 Å². The number of aryl methyl sites for hydroxylation is 1. The molecule has 0 amide bonds. The second-order valence-electron chi connectivity index (χ2n) is 6.46. The van der Waals surface area contributed by atoms with Crippen molar-refractivity contribution in [1.29, 1.82) is 0 Å². The Hall–Kier alpha value is -0.556. The van der Waals surface area contributed by atoms with Gasteiger partial charge in [-0.25, -0.2) is 4.98 Å². The molecule has 1 aromatic rings. The minimum atomic E-state index is -1.24. The van der Waals surface area contributed by atoms with Crippen LogP contribution in [0, 0.1) is 0 Å². The SMILES string of the molecule is Cn1cnc(N2C[Si](C)(C)CC[Si]2(C)C)c1. The number of anilines is 1. The molecular formula is C11H23N3Si2. The van der Waals surface area contributed by atoms with Crippen LogP contribution in [0.25, 0.3) is 0 Å². The Kier molecular flexibility index (Phi) is 2.78. The van der Waals surface area contributed by atoms with Gasteiger partial charge >= 0.3 is 0 Å². The summed E-state index contributed by atoms with van der Waals surface area (Å²) in [7, 11) is -0.195. The molecule has 1 saturated heterocycles. The van der Waals surface area contributed by atoms with Crippen molar-refractivity contribution in [2.45, 2.75) is 38.3 Å². The molecule has 0 unspecified atom stereocenters. The molecule has 1 aliphatic heterocycles.